The number of nitrogens with two attached hydrogens (primary N) is 1. The van der Waals surface area contributed by atoms with Gasteiger partial charge >= 0.3 is 0 Å². The molecule has 0 heterocycles. The predicted molar refractivity (Wildman–Crippen MR) is 196 cm³/mol. The number of carbonyl (C=O) groups excluding carboxylic acids is 3. The number of methoxy groups -OCH3 is 1. The molecule has 248 valence electrons. The number of amides is 3. The van der Waals surface area contributed by atoms with Gasteiger partial charge < -0.3 is 26.0 Å². The topological polar surface area (TPSA) is 114 Å². The minimum absolute atomic E-state index is 0.158. The van der Waals surface area contributed by atoms with Crippen molar-refractivity contribution in [3.63, 3.8) is 0 Å². The summed E-state index contributed by atoms with van der Waals surface area (Å²) in [4.78, 5) is 41.1. The molecule has 0 bridgehead atoms. The highest BCUT2D eigenvalue weighted by atomic mass is 16.5. The van der Waals surface area contributed by atoms with E-state index in [1.807, 2.05) is 133 Å². The van der Waals surface area contributed by atoms with Crippen LogP contribution in [0.5, 0.6) is 5.75 Å². The number of anilines is 1. The molecule has 0 saturated carbocycles. The SMILES string of the molecule is COc1ccc(/C=C/c2ccc(N(Cc3cccc(-c4ccccc4C(=O)NCCN)c3)C(=O)CNC(=O)Cc3ccccc3)cc2)cc1. The Kier molecular flexibility index (Phi) is 12.1. The fourth-order valence-corrected chi connectivity index (χ4v) is 5.34. The Morgan fingerprint density at radius 2 is 1.39 bits per heavy atom. The lowest BCUT2D eigenvalue weighted by Crippen LogP contribution is -2.40. The van der Waals surface area contributed by atoms with Crippen molar-refractivity contribution >= 4 is 35.6 Å². The van der Waals surface area contributed by atoms with Crippen molar-refractivity contribution in [1.82, 2.24) is 10.6 Å². The van der Waals surface area contributed by atoms with Crippen LogP contribution in [0.1, 0.15) is 32.6 Å². The van der Waals surface area contributed by atoms with Gasteiger partial charge in [-0.05, 0) is 69.8 Å². The summed E-state index contributed by atoms with van der Waals surface area (Å²) >= 11 is 0. The Morgan fingerprint density at radius 1 is 0.735 bits per heavy atom. The highest BCUT2D eigenvalue weighted by Crippen LogP contribution is 2.27. The van der Waals surface area contributed by atoms with E-state index in [0.29, 0.717) is 24.3 Å². The normalized spacial score (nSPS) is 10.8. The maximum Gasteiger partial charge on any atom is 0.251 e. The average molecular weight is 653 g/mol. The highest BCUT2D eigenvalue weighted by Gasteiger charge is 2.19. The van der Waals surface area contributed by atoms with Gasteiger partial charge in [0.15, 0.2) is 0 Å². The predicted octanol–water partition coefficient (Wildman–Crippen LogP) is 6.11. The van der Waals surface area contributed by atoms with E-state index in [-0.39, 0.29) is 37.2 Å². The quantitative estimate of drug-likeness (QED) is 0.125. The van der Waals surface area contributed by atoms with Crippen molar-refractivity contribution < 1.29 is 19.1 Å². The van der Waals surface area contributed by atoms with Crippen molar-refractivity contribution in [2.24, 2.45) is 5.73 Å². The fourth-order valence-electron chi connectivity index (χ4n) is 5.34. The van der Waals surface area contributed by atoms with Crippen LogP contribution in [0.3, 0.4) is 0 Å². The van der Waals surface area contributed by atoms with Crippen molar-refractivity contribution in [3.05, 3.63) is 155 Å². The molecule has 5 rings (SSSR count). The summed E-state index contributed by atoms with van der Waals surface area (Å²) in [5, 5.41) is 5.64. The van der Waals surface area contributed by atoms with E-state index in [1.165, 1.54) is 0 Å². The highest BCUT2D eigenvalue weighted by molar-refractivity contribution is 6.01. The van der Waals surface area contributed by atoms with Gasteiger partial charge in [-0.1, -0.05) is 103 Å². The molecule has 0 saturated heterocycles. The molecule has 8 nitrogen and oxygen atoms in total. The summed E-state index contributed by atoms with van der Waals surface area (Å²) in [7, 11) is 1.64. The second kappa shape index (κ2) is 17.2. The van der Waals surface area contributed by atoms with E-state index in [0.717, 1.165) is 39.1 Å². The smallest absolute Gasteiger partial charge is 0.251 e. The van der Waals surface area contributed by atoms with Crippen LogP contribution < -0.4 is 26.0 Å². The van der Waals surface area contributed by atoms with E-state index in [2.05, 4.69) is 10.6 Å². The van der Waals surface area contributed by atoms with Gasteiger partial charge in [-0.3, -0.25) is 14.4 Å². The van der Waals surface area contributed by atoms with Gasteiger partial charge in [0.1, 0.15) is 5.75 Å². The number of nitrogens with one attached hydrogen (secondary N) is 2. The maximum atomic E-state index is 13.8. The number of carbonyl (C=O) groups is 3. The Balaban J connectivity index is 1.37. The van der Waals surface area contributed by atoms with Gasteiger partial charge in [0.25, 0.3) is 5.91 Å². The minimum atomic E-state index is -0.255. The molecule has 5 aromatic rings. The average Bonchev–Trinajstić information content (AvgIpc) is 3.15. The molecule has 0 spiro atoms. The summed E-state index contributed by atoms with van der Waals surface area (Å²) in [6.45, 7) is 0.820. The zero-order valence-electron chi connectivity index (χ0n) is 27.5. The van der Waals surface area contributed by atoms with Crippen LogP contribution in [-0.4, -0.2) is 44.5 Å². The Morgan fingerprint density at radius 3 is 2.08 bits per heavy atom. The first kappa shape index (κ1) is 34.3. The maximum absolute atomic E-state index is 13.8. The van der Waals surface area contributed by atoms with Crippen molar-refractivity contribution in [2.45, 2.75) is 13.0 Å². The van der Waals surface area contributed by atoms with Crippen molar-refractivity contribution in [1.29, 1.82) is 0 Å². The first-order chi connectivity index (χ1) is 23.9. The lowest BCUT2D eigenvalue weighted by molar-refractivity contribution is -0.124. The van der Waals surface area contributed by atoms with Gasteiger partial charge in [-0.15, -0.1) is 0 Å². The molecule has 0 aliphatic rings. The number of nitrogens with zero attached hydrogens (tertiary/aromatic N) is 1. The number of hydrogen-bond donors (Lipinski definition) is 3. The third-order valence-corrected chi connectivity index (χ3v) is 7.91. The van der Waals surface area contributed by atoms with Crippen molar-refractivity contribution in [2.75, 3.05) is 31.6 Å². The first-order valence-corrected chi connectivity index (χ1v) is 16.1. The third-order valence-electron chi connectivity index (χ3n) is 7.91. The second-order valence-electron chi connectivity index (χ2n) is 11.4. The van der Waals surface area contributed by atoms with Crippen LogP contribution in [0.4, 0.5) is 5.69 Å². The number of ether oxygens (including phenoxy) is 1. The van der Waals surface area contributed by atoms with Gasteiger partial charge in [0, 0.05) is 24.3 Å². The number of rotatable bonds is 14. The summed E-state index contributed by atoms with van der Waals surface area (Å²) in [6, 6.07) is 40.1. The van der Waals surface area contributed by atoms with Crippen LogP contribution in [0.2, 0.25) is 0 Å². The molecule has 4 N–H and O–H groups in total. The Hall–Kier alpha value is -5.99. The summed E-state index contributed by atoms with van der Waals surface area (Å²) in [6.07, 6.45) is 4.20. The van der Waals surface area contributed by atoms with Gasteiger partial charge in [0.2, 0.25) is 11.8 Å². The monoisotopic (exact) mass is 652 g/mol. The molecular weight excluding hydrogens is 612 g/mol. The molecule has 0 unspecified atom stereocenters. The van der Waals surface area contributed by atoms with Crippen LogP contribution in [-0.2, 0) is 22.6 Å². The molecule has 0 aromatic heterocycles. The molecule has 49 heavy (non-hydrogen) atoms. The lowest BCUT2D eigenvalue weighted by Gasteiger charge is -2.24. The van der Waals surface area contributed by atoms with Crippen LogP contribution in [0.25, 0.3) is 23.3 Å². The summed E-state index contributed by atoms with van der Waals surface area (Å²) in [5.74, 6) is 0.112. The largest absolute Gasteiger partial charge is 0.497 e. The zero-order chi connectivity index (χ0) is 34.4. The summed E-state index contributed by atoms with van der Waals surface area (Å²) < 4.78 is 5.24. The first-order valence-electron chi connectivity index (χ1n) is 16.1. The molecule has 8 heteroatoms. The number of benzene rings is 5. The molecular formula is C41H40N4O4. The van der Waals surface area contributed by atoms with Crippen LogP contribution in [0, 0.1) is 0 Å². The van der Waals surface area contributed by atoms with Gasteiger partial charge in [0.05, 0.1) is 26.6 Å². The molecule has 0 atom stereocenters. The molecule has 0 radical (unpaired) electrons. The fraction of sp³-hybridized carbons (Fsp3) is 0.146. The van der Waals surface area contributed by atoms with Crippen molar-refractivity contribution in [3.8, 4) is 16.9 Å². The summed E-state index contributed by atoms with van der Waals surface area (Å²) in [5.41, 5.74) is 12.2. The van der Waals surface area contributed by atoms with E-state index in [1.54, 1.807) is 18.1 Å². The molecule has 3 amide bonds. The third kappa shape index (κ3) is 9.76. The standard InChI is InChI=1S/C41H40N4O4/c1-49-36-22-18-31(19-23-36)15-14-30-16-20-35(21-17-30)45(40(47)28-44-39(46)27-32-8-3-2-4-9-32)29-33-10-7-11-34(26-33)37-12-5-6-13-38(37)41(48)43-25-24-42/h2-23,26H,24-25,27-29,42H2,1H3,(H,43,48)(H,44,46)/b15-14+. The molecule has 0 fully saturated rings. The van der Waals surface area contributed by atoms with Gasteiger partial charge in [-0.2, -0.15) is 0 Å². The Bertz CT molecular complexity index is 1890. The zero-order valence-corrected chi connectivity index (χ0v) is 27.5. The minimum Gasteiger partial charge on any atom is -0.497 e. The lowest BCUT2D eigenvalue weighted by atomic mass is 9.97. The Labute approximate surface area is 287 Å². The molecule has 0 aliphatic heterocycles. The van der Waals surface area contributed by atoms with Crippen LogP contribution >= 0.6 is 0 Å². The van der Waals surface area contributed by atoms with E-state index in [4.69, 9.17) is 10.5 Å². The van der Waals surface area contributed by atoms with E-state index < -0.39 is 0 Å². The number of hydrogen-bond acceptors (Lipinski definition) is 5. The molecule has 0 aliphatic carbocycles. The van der Waals surface area contributed by atoms with E-state index in [9.17, 15) is 14.4 Å². The second-order valence-corrected chi connectivity index (χ2v) is 11.4. The van der Waals surface area contributed by atoms with Crippen LogP contribution in [0.15, 0.2) is 127 Å². The van der Waals surface area contributed by atoms with Gasteiger partial charge in [-0.25, -0.2) is 0 Å². The van der Waals surface area contributed by atoms with E-state index >= 15 is 0 Å². The molecule has 5 aromatic carbocycles.